The van der Waals surface area contributed by atoms with Gasteiger partial charge in [0.25, 0.3) is 0 Å². The predicted molar refractivity (Wildman–Crippen MR) is 282 cm³/mol. The number of aliphatic hydroxyl groups excluding tert-OH is 4. The van der Waals surface area contributed by atoms with E-state index in [2.05, 4.69) is 35.3 Å². The zero-order valence-electron chi connectivity index (χ0n) is 43.6. The van der Waals surface area contributed by atoms with Gasteiger partial charge < -0.3 is 50.2 Å². The van der Waals surface area contributed by atoms with Gasteiger partial charge in [0, 0.05) is 19.0 Å². The van der Waals surface area contributed by atoms with Gasteiger partial charge in [0.2, 0.25) is 0 Å². The van der Waals surface area contributed by atoms with Gasteiger partial charge in [0.05, 0.1) is 25.4 Å². The number of nitrogens with zero attached hydrogens (tertiary/aromatic N) is 2. The molecule has 0 aliphatic carbocycles. The second-order valence-corrected chi connectivity index (χ2v) is 21.5. The Morgan fingerprint density at radius 2 is 1.26 bits per heavy atom. The van der Waals surface area contributed by atoms with E-state index in [9.17, 15) is 53.7 Å². The number of hydrogen-bond donors (Lipinski definition) is 7. The van der Waals surface area contributed by atoms with Crippen LogP contribution in [-0.4, -0.2) is 108 Å². The number of esters is 2. The molecule has 74 heavy (non-hydrogen) atoms. The molecule has 0 radical (unpaired) electrons. The van der Waals surface area contributed by atoms with Gasteiger partial charge in [-0.15, -0.1) is 0 Å². The molecule has 1 aromatic rings. The molecule has 1 aliphatic heterocycles. The Morgan fingerprint density at radius 3 is 1.86 bits per heavy atom. The SMILES string of the molecule is CCCCCCCC/C=C\CCCCCCCCCC(=O)OC[C@H](COP(=O)(O)OP(=O)(O)OC[C@H]1O[C@@H](n2ccc(N)nc2=O)[C@H](O)[C@@H]1O)OC(=O)CCC[C@H](O)/C=C/C=C\C/C=C\C=C\[C@H](O)CCCCC. The monoisotopic (exact) mass is 1090 g/mol. The summed E-state index contributed by atoms with van der Waals surface area (Å²) in [7, 11) is -11.0. The number of aromatic nitrogens is 2. The molecule has 1 fully saturated rings. The summed E-state index contributed by atoms with van der Waals surface area (Å²) in [5.41, 5.74) is 4.57. The molecule has 0 bridgehead atoms. The number of unbranched alkanes of at least 4 members (excludes halogenated alkanes) is 15. The fourth-order valence-corrected chi connectivity index (χ4v) is 9.69. The van der Waals surface area contributed by atoms with Crippen LogP contribution in [0.3, 0.4) is 0 Å². The number of phosphoric acid groups is 2. The summed E-state index contributed by atoms with van der Waals surface area (Å²) in [6.07, 6.45) is 32.1. The molecule has 20 nitrogen and oxygen atoms in total. The normalized spacial score (nSPS) is 20.2. The van der Waals surface area contributed by atoms with Gasteiger partial charge in [-0.25, -0.2) is 13.9 Å². The number of allylic oxidation sites excluding steroid dienone is 8. The Bertz CT molecular complexity index is 2010. The van der Waals surface area contributed by atoms with E-state index >= 15 is 0 Å². The van der Waals surface area contributed by atoms with Gasteiger partial charge in [-0.05, 0) is 63.9 Å². The molecule has 2 heterocycles. The largest absolute Gasteiger partial charge is 0.481 e. The molecule has 0 amide bonds. The first-order valence-electron chi connectivity index (χ1n) is 26.5. The van der Waals surface area contributed by atoms with Crippen molar-refractivity contribution in [3.05, 3.63) is 83.5 Å². The highest BCUT2D eigenvalue weighted by Crippen LogP contribution is 2.60. The second kappa shape index (κ2) is 39.7. The number of nitrogens with two attached hydrogens (primary N) is 1. The van der Waals surface area contributed by atoms with Crippen LogP contribution < -0.4 is 11.4 Å². The van der Waals surface area contributed by atoms with E-state index in [1.807, 2.05) is 24.3 Å². The van der Waals surface area contributed by atoms with E-state index in [4.69, 9.17) is 29.0 Å². The number of ether oxygens (including phenoxy) is 3. The van der Waals surface area contributed by atoms with E-state index in [-0.39, 0.29) is 31.5 Å². The van der Waals surface area contributed by atoms with Crippen molar-refractivity contribution in [1.82, 2.24) is 9.55 Å². The van der Waals surface area contributed by atoms with Crippen molar-refractivity contribution in [3.8, 4) is 0 Å². The lowest BCUT2D eigenvalue weighted by atomic mass is 10.1. The minimum Gasteiger partial charge on any atom is -0.462 e. The van der Waals surface area contributed by atoms with Crippen LogP contribution in [0.5, 0.6) is 0 Å². The van der Waals surface area contributed by atoms with Gasteiger partial charge in [-0.1, -0.05) is 158 Å². The number of carbonyl (C=O) groups is 2. The Labute approximate surface area is 438 Å². The molecule has 1 saturated heterocycles. The number of hydrogen-bond acceptors (Lipinski definition) is 17. The number of phosphoric ester groups is 2. The number of nitrogen functional groups attached to an aromatic ring is 1. The Hall–Kier alpha value is -3.62. The molecule has 0 spiro atoms. The van der Waals surface area contributed by atoms with Crippen molar-refractivity contribution in [2.75, 3.05) is 25.6 Å². The number of aliphatic hydroxyl groups is 4. The second-order valence-electron chi connectivity index (χ2n) is 18.4. The van der Waals surface area contributed by atoms with Crippen molar-refractivity contribution >= 4 is 33.4 Å². The zero-order valence-corrected chi connectivity index (χ0v) is 45.4. The van der Waals surface area contributed by atoms with E-state index in [1.165, 1.54) is 44.6 Å². The highest BCUT2D eigenvalue weighted by atomic mass is 31.3. The molecule has 22 heteroatoms. The molecule has 1 aromatic heterocycles. The van der Waals surface area contributed by atoms with Crippen LogP contribution in [0.1, 0.15) is 174 Å². The van der Waals surface area contributed by atoms with Crippen LogP contribution in [0.2, 0.25) is 0 Å². The molecule has 1 aliphatic rings. The fraction of sp³-hybridized carbons (Fsp3) is 0.692. The summed E-state index contributed by atoms with van der Waals surface area (Å²) in [6.45, 7) is 1.83. The first kappa shape index (κ1) is 66.5. The summed E-state index contributed by atoms with van der Waals surface area (Å²) in [4.78, 5) is 62.0. The first-order chi connectivity index (χ1) is 35.5. The third-order valence-corrected chi connectivity index (χ3v) is 14.4. The Kier molecular flexibility index (Phi) is 35.7. The van der Waals surface area contributed by atoms with Gasteiger partial charge >= 0.3 is 33.3 Å². The smallest absolute Gasteiger partial charge is 0.462 e. The molecule has 0 saturated carbocycles. The summed E-state index contributed by atoms with van der Waals surface area (Å²) >= 11 is 0. The Balaban J connectivity index is 1.86. The quantitative estimate of drug-likeness (QED) is 0.0105. The van der Waals surface area contributed by atoms with Crippen LogP contribution in [-0.2, 0) is 46.3 Å². The predicted octanol–water partition coefficient (Wildman–Crippen LogP) is 9.06. The maximum absolute atomic E-state index is 12.9. The van der Waals surface area contributed by atoms with Gasteiger partial charge in [-0.2, -0.15) is 9.29 Å². The molecular weight excluding hydrogens is 1000 g/mol. The van der Waals surface area contributed by atoms with Crippen LogP contribution in [0, 0.1) is 0 Å². The molecular formula is C52H87N3O17P2. The summed E-state index contributed by atoms with van der Waals surface area (Å²) in [5.74, 6) is -1.54. The topological polar surface area (TPSA) is 306 Å². The molecule has 2 unspecified atom stereocenters. The zero-order chi connectivity index (χ0) is 54.5. The lowest BCUT2D eigenvalue weighted by Gasteiger charge is -2.21. The van der Waals surface area contributed by atoms with Crippen molar-refractivity contribution < 1.29 is 76.5 Å². The highest BCUT2D eigenvalue weighted by Gasteiger charge is 2.46. The summed E-state index contributed by atoms with van der Waals surface area (Å²) < 4.78 is 56.6. The van der Waals surface area contributed by atoms with Crippen molar-refractivity contribution in [1.29, 1.82) is 0 Å². The average molecular weight is 1090 g/mol. The average Bonchev–Trinajstić information content (AvgIpc) is 3.63. The molecule has 2 rings (SSSR count). The molecule has 9 atom stereocenters. The maximum Gasteiger partial charge on any atom is 0.481 e. The highest BCUT2D eigenvalue weighted by molar-refractivity contribution is 7.61. The van der Waals surface area contributed by atoms with Gasteiger partial charge in [0.15, 0.2) is 12.3 Å². The van der Waals surface area contributed by atoms with Crippen LogP contribution in [0.4, 0.5) is 5.82 Å². The molecule has 8 N–H and O–H groups in total. The summed E-state index contributed by atoms with van der Waals surface area (Å²) in [5, 5.41) is 41.3. The third-order valence-electron chi connectivity index (χ3n) is 11.8. The number of rotatable bonds is 43. The first-order valence-corrected chi connectivity index (χ1v) is 29.5. The standard InChI is InChI=1S/C52H87N3O17P2/c1-3-5-7-8-9-10-11-12-13-14-15-16-17-18-22-25-29-35-47(58)67-39-44(70-48(59)36-30-34-43(57)33-28-24-21-19-20-23-27-32-42(56)31-26-6-4-2)40-68-73(63,64)72-74(65,66)69-41-45-49(60)50(61)51(71-45)55-38-37-46(53)54-52(55)62/h12-13,20-21,23-24,27-28,32-33,37-38,42-45,49-51,56-57,60-61H,3-11,14-19,22,25-26,29-31,34-36,39-41H2,1-2H3,(H,63,64)(H,65,66)(H2,53,54,62)/b13-12-,23-20-,24-21-,32-27+,33-28+/t42-,43-,44-,45-,49-,50-,51-/m1/s1. The van der Waals surface area contributed by atoms with Crippen LogP contribution >= 0.6 is 15.6 Å². The lowest BCUT2D eigenvalue weighted by Crippen LogP contribution is -2.36. The third kappa shape index (κ3) is 32.1. The maximum atomic E-state index is 12.9. The summed E-state index contributed by atoms with van der Waals surface area (Å²) in [6, 6.07) is 1.23. The number of anilines is 1. The minimum absolute atomic E-state index is 0.0707. The van der Waals surface area contributed by atoms with Crippen LogP contribution in [0.25, 0.3) is 0 Å². The fourth-order valence-electron chi connectivity index (χ4n) is 7.58. The van der Waals surface area contributed by atoms with E-state index < -0.39 is 95.9 Å². The Morgan fingerprint density at radius 1 is 0.716 bits per heavy atom. The van der Waals surface area contributed by atoms with Crippen LogP contribution in [0.15, 0.2) is 77.8 Å². The number of carbonyl (C=O) groups excluding carboxylic acids is 2. The van der Waals surface area contributed by atoms with Gasteiger partial charge in [-0.3, -0.25) is 23.2 Å². The van der Waals surface area contributed by atoms with E-state index in [1.54, 1.807) is 24.3 Å². The lowest BCUT2D eigenvalue weighted by molar-refractivity contribution is -0.161. The minimum atomic E-state index is -5.49. The molecule has 422 valence electrons. The van der Waals surface area contributed by atoms with E-state index in [0.29, 0.717) is 12.8 Å². The van der Waals surface area contributed by atoms with Gasteiger partial charge in [0.1, 0.15) is 30.7 Å². The van der Waals surface area contributed by atoms with Crippen molar-refractivity contribution in [2.24, 2.45) is 0 Å². The van der Waals surface area contributed by atoms with Crippen molar-refractivity contribution in [2.45, 2.75) is 211 Å². The molecule has 0 aromatic carbocycles. The van der Waals surface area contributed by atoms with E-state index in [0.717, 1.165) is 87.8 Å². The van der Waals surface area contributed by atoms with Crippen molar-refractivity contribution in [3.63, 3.8) is 0 Å².